The molecule has 1 rings (SSSR count). The molecule has 4 N–H and O–H groups in total. The summed E-state index contributed by atoms with van der Waals surface area (Å²) in [6.07, 6.45) is 4.22. The monoisotopic (exact) mass is 189 g/mol. The molecule has 0 amide bonds. The van der Waals surface area contributed by atoms with Gasteiger partial charge < -0.3 is 18.8 Å². The summed E-state index contributed by atoms with van der Waals surface area (Å²) in [6, 6.07) is 0. The molecule has 1 heterocycles. The minimum Gasteiger partial charge on any atom is -1.00 e. The summed E-state index contributed by atoms with van der Waals surface area (Å²) >= 11 is 0. The SMILES string of the molecule is C1CCNCC1.CC(=O)O.O.[H-].[H-].[Mg+2]. The zero-order valence-corrected chi connectivity index (χ0v) is 9.01. The smallest absolute Gasteiger partial charge is 1.00 e. The van der Waals surface area contributed by atoms with E-state index >= 15 is 0 Å². The van der Waals surface area contributed by atoms with Gasteiger partial charge in [0.1, 0.15) is 0 Å². The number of aliphatic carboxylic acids is 1. The second-order valence-corrected chi connectivity index (χ2v) is 2.33. The van der Waals surface area contributed by atoms with Crippen LogP contribution in [-0.2, 0) is 4.79 Å². The molecule has 1 fully saturated rings. The molecule has 5 heteroatoms. The number of nitrogens with one attached hydrogen (secondary N) is 1. The summed E-state index contributed by atoms with van der Waals surface area (Å²) in [5.41, 5.74) is 0. The molecule has 1 aliphatic heterocycles. The van der Waals surface area contributed by atoms with E-state index < -0.39 is 5.97 Å². The summed E-state index contributed by atoms with van der Waals surface area (Å²) in [5.74, 6) is -0.833. The average molecular weight is 190 g/mol. The van der Waals surface area contributed by atoms with Gasteiger partial charge in [-0.2, -0.15) is 0 Å². The largest absolute Gasteiger partial charge is 2.00 e. The second-order valence-electron chi connectivity index (χ2n) is 2.33. The molecule has 4 nitrogen and oxygen atoms in total. The van der Waals surface area contributed by atoms with Crippen molar-refractivity contribution in [2.24, 2.45) is 0 Å². The van der Waals surface area contributed by atoms with E-state index in [1.165, 1.54) is 32.4 Å². The van der Waals surface area contributed by atoms with Gasteiger partial charge in [0.05, 0.1) is 0 Å². The molecule has 0 spiro atoms. The Morgan fingerprint density at radius 1 is 1.33 bits per heavy atom. The number of hydrogen-bond acceptors (Lipinski definition) is 2. The first-order chi connectivity index (χ1) is 4.73. The summed E-state index contributed by atoms with van der Waals surface area (Å²) in [7, 11) is 0. The predicted molar refractivity (Wildman–Crippen MR) is 51.6 cm³/mol. The van der Waals surface area contributed by atoms with Crippen molar-refractivity contribution >= 4 is 29.0 Å². The van der Waals surface area contributed by atoms with Gasteiger partial charge in [-0.05, 0) is 25.9 Å². The molecule has 0 aliphatic carbocycles. The van der Waals surface area contributed by atoms with Crippen molar-refractivity contribution in [2.75, 3.05) is 13.1 Å². The van der Waals surface area contributed by atoms with Crippen molar-refractivity contribution in [3.05, 3.63) is 0 Å². The van der Waals surface area contributed by atoms with Gasteiger partial charge in [0.15, 0.2) is 0 Å². The second kappa shape index (κ2) is 13.7. The van der Waals surface area contributed by atoms with Crippen LogP contribution in [0.25, 0.3) is 0 Å². The van der Waals surface area contributed by atoms with Crippen LogP contribution >= 0.6 is 0 Å². The van der Waals surface area contributed by atoms with E-state index in [4.69, 9.17) is 9.90 Å². The molecule has 0 bridgehead atoms. The fourth-order valence-electron chi connectivity index (χ4n) is 0.802. The fourth-order valence-corrected chi connectivity index (χ4v) is 0.802. The Balaban J connectivity index is -0.0000000315. The van der Waals surface area contributed by atoms with E-state index in [1.807, 2.05) is 0 Å². The van der Waals surface area contributed by atoms with E-state index in [0.717, 1.165) is 6.92 Å². The molecule has 1 saturated heterocycles. The van der Waals surface area contributed by atoms with Gasteiger partial charge in [0, 0.05) is 6.92 Å². The maximum absolute atomic E-state index is 9.00. The molecule has 1 aliphatic rings. The Morgan fingerprint density at radius 2 is 1.67 bits per heavy atom. The third kappa shape index (κ3) is 22.5. The van der Waals surface area contributed by atoms with Crippen LogP contribution in [0, 0.1) is 0 Å². The Labute approximate surface area is 92.2 Å². The van der Waals surface area contributed by atoms with Crippen LogP contribution in [0.2, 0.25) is 0 Å². The van der Waals surface area contributed by atoms with Gasteiger partial charge in [0.25, 0.3) is 5.97 Å². The molecule has 0 unspecified atom stereocenters. The van der Waals surface area contributed by atoms with E-state index in [1.54, 1.807) is 0 Å². The number of rotatable bonds is 0. The molecular weight excluding hydrogens is 170 g/mol. The molecule has 0 aromatic carbocycles. The normalized spacial score (nSPS) is 14.1. The molecule has 12 heavy (non-hydrogen) atoms. The van der Waals surface area contributed by atoms with Crippen LogP contribution in [0.4, 0.5) is 0 Å². The molecule has 0 aromatic heterocycles. The number of carboxylic acid groups (broad SMARTS) is 1. The fraction of sp³-hybridized carbons (Fsp3) is 0.857. The van der Waals surface area contributed by atoms with Crippen molar-refractivity contribution in [3.8, 4) is 0 Å². The standard InChI is InChI=1S/C5H11N.C2H4O2.Mg.H2O.2H/c1-2-4-6-5-3-1;1-2(3)4;;;;/h6H,1-5H2;1H3,(H,3,4);;1H2;;/q;;+2;;2*-1. The Kier molecular flexibility index (Phi) is 20.6. The molecular formula is C7H19MgNO3. The van der Waals surface area contributed by atoms with E-state index in [-0.39, 0.29) is 31.4 Å². The summed E-state index contributed by atoms with van der Waals surface area (Å²) in [6.45, 7) is 3.58. The van der Waals surface area contributed by atoms with Gasteiger partial charge in [-0.3, -0.25) is 4.79 Å². The number of carbonyl (C=O) groups is 1. The molecule has 0 radical (unpaired) electrons. The first kappa shape index (κ1) is 18.0. The van der Waals surface area contributed by atoms with Crippen LogP contribution in [0.1, 0.15) is 29.0 Å². The Hall–Kier alpha value is 0.156. The van der Waals surface area contributed by atoms with Crippen molar-refractivity contribution in [1.29, 1.82) is 0 Å². The van der Waals surface area contributed by atoms with Crippen molar-refractivity contribution in [3.63, 3.8) is 0 Å². The van der Waals surface area contributed by atoms with E-state index in [9.17, 15) is 0 Å². The van der Waals surface area contributed by atoms with Crippen molar-refractivity contribution in [2.45, 2.75) is 26.2 Å². The van der Waals surface area contributed by atoms with Crippen LogP contribution in [0.3, 0.4) is 0 Å². The average Bonchev–Trinajstić information content (AvgIpc) is 1.90. The number of carboxylic acids is 1. The van der Waals surface area contributed by atoms with Gasteiger partial charge in [0.2, 0.25) is 0 Å². The van der Waals surface area contributed by atoms with E-state index in [2.05, 4.69) is 5.32 Å². The maximum atomic E-state index is 9.00. The summed E-state index contributed by atoms with van der Waals surface area (Å²) in [4.78, 5) is 9.00. The number of hydrogen-bond donors (Lipinski definition) is 2. The third-order valence-corrected chi connectivity index (χ3v) is 1.21. The maximum Gasteiger partial charge on any atom is 2.00 e. The molecule has 0 saturated carbocycles. The summed E-state index contributed by atoms with van der Waals surface area (Å²) < 4.78 is 0. The van der Waals surface area contributed by atoms with Crippen molar-refractivity contribution < 1.29 is 18.2 Å². The Morgan fingerprint density at radius 3 is 1.75 bits per heavy atom. The van der Waals surface area contributed by atoms with Crippen LogP contribution in [0.15, 0.2) is 0 Å². The summed E-state index contributed by atoms with van der Waals surface area (Å²) in [5, 5.41) is 10.7. The molecule has 0 atom stereocenters. The number of piperidine rings is 1. The van der Waals surface area contributed by atoms with Gasteiger partial charge in [-0.25, -0.2) is 0 Å². The topological polar surface area (TPSA) is 80.8 Å². The van der Waals surface area contributed by atoms with Crippen LogP contribution in [-0.4, -0.2) is 52.7 Å². The quantitative estimate of drug-likeness (QED) is 0.521. The molecule has 72 valence electrons. The zero-order valence-electron chi connectivity index (χ0n) is 9.60. The third-order valence-electron chi connectivity index (χ3n) is 1.21. The minimum atomic E-state index is -0.833. The van der Waals surface area contributed by atoms with Crippen LogP contribution in [0.5, 0.6) is 0 Å². The Bertz CT molecular complexity index is 89.4. The minimum absolute atomic E-state index is 0. The predicted octanol–water partition coefficient (Wildman–Crippen LogP) is -0.130. The van der Waals surface area contributed by atoms with E-state index in [0.29, 0.717) is 0 Å². The van der Waals surface area contributed by atoms with Gasteiger partial charge in [-0.1, -0.05) is 6.42 Å². The van der Waals surface area contributed by atoms with Gasteiger partial charge >= 0.3 is 23.1 Å². The van der Waals surface area contributed by atoms with Crippen LogP contribution < -0.4 is 5.32 Å². The zero-order chi connectivity index (χ0) is 7.82. The molecule has 0 aromatic rings. The first-order valence-corrected chi connectivity index (χ1v) is 3.63. The van der Waals surface area contributed by atoms with Gasteiger partial charge in [-0.15, -0.1) is 0 Å². The first-order valence-electron chi connectivity index (χ1n) is 3.63. The van der Waals surface area contributed by atoms with Crippen molar-refractivity contribution in [1.82, 2.24) is 5.32 Å².